The van der Waals surface area contributed by atoms with Crippen molar-refractivity contribution < 1.29 is 17.0 Å². The van der Waals surface area contributed by atoms with Crippen LogP contribution in [0.2, 0.25) is 0 Å². The smallest absolute Gasteiger partial charge is 0.336 e. The predicted octanol–water partition coefficient (Wildman–Crippen LogP) is 1.96. The van der Waals surface area contributed by atoms with Crippen LogP contribution in [0, 0.1) is 3.57 Å². The van der Waals surface area contributed by atoms with Crippen molar-refractivity contribution in [1.29, 1.82) is 0 Å². The van der Waals surface area contributed by atoms with Crippen LogP contribution in [-0.4, -0.2) is 15.5 Å². The average molecular weight is 316 g/mol. The van der Waals surface area contributed by atoms with Crippen molar-refractivity contribution in [3.63, 3.8) is 0 Å². The Kier molecular flexibility index (Phi) is 3.12. The van der Waals surface area contributed by atoms with Gasteiger partial charge in [-0.15, -0.1) is 3.89 Å². The highest BCUT2D eigenvalue weighted by molar-refractivity contribution is 14.1. The maximum Gasteiger partial charge on any atom is 0.336 e. The van der Waals surface area contributed by atoms with Gasteiger partial charge in [-0.25, -0.2) is 0 Å². The maximum absolute atomic E-state index is 12.7. The van der Waals surface area contributed by atoms with Crippen LogP contribution < -0.4 is 4.74 Å². The molecule has 0 atom stereocenters. The molecule has 1 aromatic rings. The van der Waals surface area contributed by atoms with E-state index in [1.54, 1.807) is 28.7 Å². The number of ether oxygens (including phenoxy) is 1. The predicted molar refractivity (Wildman–Crippen MR) is 54.0 cm³/mol. The lowest BCUT2D eigenvalue weighted by molar-refractivity contribution is 0.400. The standard InChI is InChI=1S/C7H6FIO3S/c1-12-6-4-2-3-5(9)7(6)13(8,10)11/h2-4H,1H3. The van der Waals surface area contributed by atoms with Crippen molar-refractivity contribution in [1.82, 2.24) is 0 Å². The lowest BCUT2D eigenvalue weighted by Crippen LogP contribution is -1.99. The zero-order chi connectivity index (χ0) is 10.1. The molecule has 0 saturated heterocycles. The molecule has 0 unspecified atom stereocenters. The first-order valence-electron chi connectivity index (χ1n) is 3.24. The van der Waals surface area contributed by atoms with Gasteiger partial charge < -0.3 is 4.74 Å². The van der Waals surface area contributed by atoms with Crippen LogP contribution in [0.25, 0.3) is 0 Å². The molecule has 0 N–H and O–H groups in total. The Bertz CT molecular complexity index is 416. The molecule has 0 heterocycles. The van der Waals surface area contributed by atoms with E-state index in [0.29, 0.717) is 3.57 Å². The van der Waals surface area contributed by atoms with E-state index in [0.717, 1.165) is 0 Å². The molecule has 0 bridgehead atoms. The second-order valence-electron chi connectivity index (χ2n) is 2.21. The molecule has 0 radical (unpaired) electrons. The van der Waals surface area contributed by atoms with Gasteiger partial charge in [-0.05, 0) is 34.7 Å². The fraction of sp³-hybridized carbons (Fsp3) is 0.143. The van der Waals surface area contributed by atoms with E-state index in [4.69, 9.17) is 4.74 Å². The molecule has 1 rings (SSSR count). The molecule has 0 spiro atoms. The second kappa shape index (κ2) is 3.79. The van der Waals surface area contributed by atoms with Gasteiger partial charge in [0, 0.05) is 3.57 Å². The van der Waals surface area contributed by atoms with Crippen molar-refractivity contribution in [3.8, 4) is 5.75 Å². The minimum absolute atomic E-state index is 0.0226. The average Bonchev–Trinajstić information content (AvgIpc) is 2.01. The SMILES string of the molecule is COc1cccc(I)c1S(=O)(=O)F. The topological polar surface area (TPSA) is 43.4 Å². The van der Waals surface area contributed by atoms with E-state index in [1.165, 1.54) is 19.2 Å². The Hall–Kier alpha value is -0.370. The Morgan fingerprint density at radius 1 is 1.46 bits per heavy atom. The van der Waals surface area contributed by atoms with E-state index in [9.17, 15) is 12.3 Å². The van der Waals surface area contributed by atoms with Crippen LogP contribution in [0.4, 0.5) is 3.89 Å². The van der Waals surface area contributed by atoms with Gasteiger partial charge in [-0.1, -0.05) is 6.07 Å². The van der Waals surface area contributed by atoms with Crippen LogP contribution in [0.5, 0.6) is 5.75 Å². The zero-order valence-corrected chi connectivity index (χ0v) is 9.59. The van der Waals surface area contributed by atoms with Gasteiger partial charge >= 0.3 is 10.2 Å². The van der Waals surface area contributed by atoms with Crippen molar-refractivity contribution in [3.05, 3.63) is 21.8 Å². The summed E-state index contributed by atoms with van der Waals surface area (Å²) in [6.07, 6.45) is 0. The second-order valence-corrected chi connectivity index (χ2v) is 4.66. The van der Waals surface area contributed by atoms with E-state index in [-0.39, 0.29) is 5.75 Å². The summed E-state index contributed by atoms with van der Waals surface area (Å²) in [5.74, 6) is 0.0226. The van der Waals surface area contributed by atoms with Crippen molar-refractivity contribution in [2.24, 2.45) is 0 Å². The third kappa shape index (κ3) is 2.31. The van der Waals surface area contributed by atoms with E-state index >= 15 is 0 Å². The van der Waals surface area contributed by atoms with Crippen LogP contribution in [-0.2, 0) is 10.2 Å². The molecular formula is C7H6FIO3S. The highest BCUT2D eigenvalue weighted by Gasteiger charge is 2.21. The van der Waals surface area contributed by atoms with Gasteiger partial charge in [0.25, 0.3) is 0 Å². The molecule has 0 fully saturated rings. The first-order valence-corrected chi connectivity index (χ1v) is 5.70. The molecule has 72 valence electrons. The van der Waals surface area contributed by atoms with Crippen LogP contribution in [0.1, 0.15) is 0 Å². The minimum Gasteiger partial charge on any atom is -0.495 e. The van der Waals surface area contributed by atoms with Gasteiger partial charge in [-0.3, -0.25) is 0 Å². The summed E-state index contributed by atoms with van der Waals surface area (Å²) in [5, 5.41) is 0. The summed E-state index contributed by atoms with van der Waals surface area (Å²) in [7, 11) is -3.42. The fourth-order valence-electron chi connectivity index (χ4n) is 0.886. The number of hydrogen-bond acceptors (Lipinski definition) is 3. The lowest BCUT2D eigenvalue weighted by atomic mass is 10.3. The van der Waals surface area contributed by atoms with Gasteiger partial charge in [0.05, 0.1) is 7.11 Å². The molecule has 0 amide bonds. The van der Waals surface area contributed by atoms with Crippen LogP contribution in [0.3, 0.4) is 0 Å². The third-order valence-corrected chi connectivity index (χ3v) is 3.57. The minimum atomic E-state index is -4.71. The molecule has 13 heavy (non-hydrogen) atoms. The van der Waals surface area contributed by atoms with Crippen molar-refractivity contribution in [2.45, 2.75) is 4.90 Å². The summed E-state index contributed by atoms with van der Waals surface area (Å²) >= 11 is 1.74. The Morgan fingerprint density at radius 3 is 2.46 bits per heavy atom. The Morgan fingerprint density at radius 2 is 2.08 bits per heavy atom. The number of benzene rings is 1. The van der Waals surface area contributed by atoms with E-state index in [1.807, 2.05) is 0 Å². The summed E-state index contributed by atoms with van der Waals surface area (Å²) in [5.41, 5.74) is 0. The first-order chi connectivity index (χ1) is 5.96. The highest BCUT2D eigenvalue weighted by Crippen LogP contribution is 2.29. The van der Waals surface area contributed by atoms with Crippen molar-refractivity contribution in [2.75, 3.05) is 7.11 Å². The summed E-state index contributed by atoms with van der Waals surface area (Å²) in [6.45, 7) is 0. The van der Waals surface area contributed by atoms with E-state index in [2.05, 4.69) is 0 Å². The van der Waals surface area contributed by atoms with E-state index < -0.39 is 15.1 Å². The number of rotatable bonds is 2. The summed E-state index contributed by atoms with van der Waals surface area (Å²) in [4.78, 5) is -0.405. The summed E-state index contributed by atoms with van der Waals surface area (Å²) in [6, 6.07) is 4.49. The lowest BCUT2D eigenvalue weighted by Gasteiger charge is -2.05. The summed E-state index contributed by atoms with van der Waals surface area (Å²) < 4.78 is 39.1. The number of methoxy groups -OCH3 is 1. The molecular weight excluding hydrogens is 310 g/mol. The molecule has 0 aliphatic heterocycles. The molecule has 0 aromatic heterocycles. The number of halogens is 2. The molecule has 3 nitrogen and oxygen atoms in total. The van der Waals surface area contributed by atoms with Gasteiger partial charge in [-0.2, -0.15) is 8.42 Å². The van der Waals surface area contributed by atoms with Crippen LogP contribution in [0.15, 0.2) is 23.1 Å². The monoisotopic (exact) mass is 316 g/mol. The van der Waals surface area contributed by atoms with Crippen LogP contribution >= 0.6 is 22.6 Å². The quantitative estimate of drug-likeness (QED) is 0.619. The maximum atomic E-state index is 12.7. The van der Waals surface area contributed by atoms with Gasteiger partial charge in [0.1, 0.15) is 5.75 Å². The third-order valence-electron chi connectivity index (χ3n) is 1.39. The first kappa shape index (κ1) is 10.7. The Balaban J connectivity index is 3.50. The molecule has 0 aliphatic carbocycles. The fourth-order valence-corrected chi connectivity index (χ4v) is 2.84. The van der Waals surface area contributed by atoms with Gasteiger partial charge in [0.15, 0.2) is 4.90 Å². The number of hydrogen-bond donors (Lipinski definition) is 0. The van der Waals surface area contributed by atoms with Gasteiger partial charge in [0.2, 0.25) is 0 Å². The largest absolute Gasteiger partial charge is 0.495 e. The highest BCUT2D eigenvalue weighted by atomic mass is 127. The molecule has 1 aromatic carbocycles. The zero-order valence-electron chi connectivity index (χ0n) is 6.62. The molecule has 0 saturated carbocycles. The van der Waals surface area contributed by atoms with Crippen molar-refractivity contribution >= 4 is 32.8 Å². The molecule has 0 aliphatic rings. The molecule has 6 heteroatoms. The normalized spacial score (nSPS) is 11.3. The Labute approximate surface area is 89.3 Å².